The molecule has 1 N–H and O–H groups in total. The van der Waals surface area contributed by atoms with Crippen LogP contribution in [0.4, 0.5) is 13.2 Å². The third-order valence-corrected chi connectivity index (χ3v) is 3.44. The zero-order chi connectivity index (χ0) is 16.1. The molecule has 0 aliphatic carbocycles. The first-order valence-corrected chi connectivity index (χ1v) is 6.57. The molecule has 0 atom stereocenters. The molecule has 1 saturated heterocycles. The summed E-state index contributed by atoms with van der Waals surface area (Å²) in [6.07, 6.45) is -4.75. The minimum absolute atomic E-state index is 0.234. The highest BCUT2D eigenvalue weighted by Gasteiger charge is 2.44. The van der Waals surface area contributed by atoms with Gasteiger partial charge in [-0.25, -0.2) is 0 Å². The van der Waals surface area contributed by atoms with Gasteiger partial charge in [-0.2, -0.15) is 0 Å². The van der Waals surface area contributed by atoms with E-state index in [2.05, 4.69) is 16.3 Å². The lowest BCUT2D eigenvalue weighted by Crippen LogP contribution is -2.35. The topological polar surface area (TPSA) is 43.5 Å². The van der Waals surface area contributed by atoms with Crippen molar-refractivity contribution in [1.82, 2.24) is 4.98 Å². The first-order chi connectivity index (χ1) is 10.2. The van der Waals surface area contributed by atoms with Gasteiger partial charge < -0.3 is 19.0 Å². The third-order valence-electron chi connectivity index (χ3n) is 3.44. The number of ether oxygens (including phenoxy) is 1. The van der Waals surface area contributed by atoms with E-state index in [4.69, 9.17) is 9.31 Å². The predicted octanol–water partition coefficient (Wildman–Crippen LogP) is 3.10. The van der Waals surface area contributed by atoms with Crippen LogP contribution < -0.4 is 10.3 Å². The summed E-state index contributed by atoms with van der Waals surface area (Å²) in [4.78, 5) is 2.87. The van der Waals surface area contributed by atoms with Gasteiger partial charge in [0.15, 0.2) is 5.75 Å². The average Bonchev–Trinajstić information content (AvgIpc) is 2.90. The van der Waals surface area contributed by atoms with E-state index in [9.17, 15) is 13.2 Å². The first-order valence-electron chi connectivity index (χ1n) is 6.57. The molecule has 0 unspecified atom stereocenters. The maximum Gasteiger partial charge on any atom is 0.580 e. The molecule has 4 nitrogen and oxygen atoms in total. The van der Waals surface area contributed by atoms with Crippen LogP contribution in [0, 0.1) is 0 Å². The minimum atomic E-state index is -4.75. The lowest BCUT2D eigenvalue weighted by molar-refractivity contribution is -0.274. The molecule has 3 rings (SSSR count). The van der Waals surface area contributed by atoms with E-state index in [1.807, 2.05) is 0 Å². The number of aromatic nitrogens is 1. The van der Waals surface area contributed by atoms with Crippen molar-refractivity contribution < 1.29 is 27.2 Å². The Kier molecular flexibility index (Phi) is 3.17. The predicted molar refractivity (Wildman–Crippen MR) is 75.8 cm³/mol. The number of H-pyrrole nitrogens is 1. The molecule has 1 fully saturated rings. The summed E-state index contributed by atoms with van der Waals surface area (Å²) in [7, 11) is -0.742. The number of nitrogens with one attached hydrogen (secondary N) is 1. The summed E-state index contributed by atoms with van der Waals surface area (Å²) < 4.78 is 52.5. The molecule has 1 aromatic carbocycles. The number of hydrogen-bond donors (Lipinski definition) is 1. The number of hydrogen-bond acceptors (Lipinski definition) is 3. The van der Waals surface area contributed by atoms with Crippen molar-refractivity contribution in [2.45, 2.75) is 25.8 Å². The van der Waals surface area contributed by atoms with Crippen molar-refractivity contribution in [1.29, 1.82) is 0 Å². The second-order valence-corrected chi connectivity index (χ2v) is 5.49. The Morgan fingerprint density at radius 2 is 2.05 bits per heavy atom. The minimum Gasteiger partial charge on any atom is -0.533 e. The summed E-state index contributed by atoms with van der Waals surface area (Å²) in [5.41, 5.74) is 0.0741. The van der Waals surface area contributed by atoms with Crippen LogP contribution in [-0.2, 0) is 9.31 Å². The smallest absolute Gasteiger partial charge is 0.533 e. The molecule has 0 bridgehead atoms. The van der Waals surface area contributed by atoms with Crippen LogP contribution in [-0.4, -0.2) is 24.1 Å². The molecule has 1 aliphatic rings. The lowest BCUT2D eigenvalue weighted by atomic mass is 9.85. The summed E-state index contributed by atoms with van der Waals surface area (Å²) in [6, 6.07) is 6.07. The fourth-order valence-electron chi connectivity index (χ4n) is 2.24. The number of fused-ring (bicyclic) bond motifs is 1. The highest BCUT2D eigenvalue weighted by molar-refractivity contribution is 6.62. The molecule has 22 heavy (non-hydrogen) atoms. The number of alkyl halides is 3. The largest absolute Gasteiger partial charge is 0.580 e. The van der Waals surface area contributed by atoms with E-state index in [1.54, 1.807) is 26.0 Å². The van der Waals surface area contributed by atoms with Gasteiger partial charge in [-0.1, -0.05) is 18.7 Å². The second kappa shape index (κ2) is 4.71. The Bertz CT molecular complexity index is 738. The molecule has 2 heterocycles. The van der Waals surface area contributed by atoms with Crippen molar-refractivity contribution in [2.75, 3.05) is 0 Å². The molecular formula is C14H13BF3NO3. The monoisotopic (exact) mass is 311 g/mol. The van der Waals surface area contributed by atoms with Gasteiger partial charge in [0.25, 0.3) is 0 Å². The average molecular weight is 311 g/mol. The van der Waals surface area contributed by atoms with Crippen LogP contribution in [0.3, 0.4) is 0 Å². The summed E-state index contributed by atoms with van der Waals surface area (Å²) in [6.45, 7) is 7.37. The zero-order valence-corrected chi connectivity index (χ0v) is 12.0. The second-order valence-electron chi connectivity index (χ2n) is 5.49. The van der Waals surface area contributed by atoms with Crippen molar-refractivity contribution in [3.8, 4) is 5.75 Å². The van der Waals surface area contributed by atoms with Crippen molar-refractivity contribution in [2.24, 2.45) is 0 Å². The van der Waals surface area contributed by atoms with Crippen LogP contribution in [0.2, 0.25) is 0 Å². The standard InChI is InChI=1S/C14H13BF3NO3/c1-8-13(2,3)22-15(21-8)11-7-9-5-4-6-10(12(9)19-11)20-14(16,17)18/h4-7,19H,1H2,2-3H3. The van der Waals surface area contributed by atoms with Gasteiger partial charge in [-0.3, -0.25) is 0 Å². The zero-order valence-electron chi connectivity index (χ0n) is 12.0. The Morgan fingerprint density at radius 1 is 1.32 bits per heavy atom. The van der Waals surface area contributed by atoms with E-state index in [1.165, 1.54) is 12.1 Å². The van der Waals surface area contributed by atoms with Crippen LogP contribution in [0.1, 0.15) is 13.8 Å². The van der Waals surface area contributed by atoms with Gasteiger partial charge in [0, 0.05) is 5.39 Å². The molecule has 1 aromatic heterocycles. The first kappa shape index (κ1) is 14.8. The number of para-hydroxylation sites is 1. The van der Waals surface area contributed by atoms with Gasteiger partial charge in [-0.15, -0.1) is 13.2 Å². The maximum atomic E-state index is 12.4. The van der Waals surface area contributed by atoms with Gasteiger partial charge >= 0.3 is 13.5 Å². The van der Waals surface area contributed by atoms with Gasteiger partial charge in [0.05, 0.1) is 16.9 Å². The summed E-state index contributed by atoms with van der Waals surface area (Å²) in [5, 5.41) is 0.569. The molecule has 2 aromatic rings. The molecule has 0 saturated carbocycles. The van der Waals surface area contributed by atoms with Crippen molar-refractivity contribution in [3.05, 3.63) is 36.6 Å². The Balaban J connectivity index is 1.97. The molecule has 0 amide bonds. The van der Waals surface area contributed by atoms with E-state index in [0.717, 1.165) is 0 Å². The highest BCUT2D eigenvalue weighted by Crippen LogP contribution is 2.32. The maximum absolute atomic E-state index is 12.4. The number of rotatable bonds is 2. The van der Waals surface area contributed by atoms with Crippen LogP contribution in [0.25, 0.3) is 10.9 Å². The molecular weight excluding hydrogens is 298 g/mol. The summed E-state index contributed by atoms with van der Waals surface area (Å²) in [5.74, 6) is 0.162. The van der Waals surface area contributed by atoms with E-state index >= 15 is 0 Å². The number of halogens is 3. The Labute approximate surface area is 125 Å². The highest BCUT2D eigenvalue weighted by atomic mass is 19.4. The fourth-order valence-corrected chi connectivity index (χ4v) is 2.24. The Morgan fingerprint density at radius 3 is 2.64 bits per heavy atom. The summed E-state index contributed by atoms with van der Waals surface area (Å²) >= 11 is 0. The molecule has 116 valence electrons. The molecule has 1 aliphatic heterocycles. The van der Waals surface area contributed by atoms with Gasteiger partial charge in [0.2, 0.25) is 0 Å². The number of aromatic amines is 1. The van der Waals surface area contributed by atoms with Crippen molar-refractivity contribution >= 4 is 23.6 Å². The van der Waals surface area contributed by atoms with Crippen LogP contribution in [0.15, 0.2) is 36.6 Å². The van der Waals surface area contributed by atoms with E-state index < -0.39 is 19.1 Å². The fraction of sp³-hybridized carbons (Fsp3) is 0.286. The van der Waals surface area contributed by atoms with Crippen LogP contribution >= 0.6 is 0 Å². The van der Waals surface area contributed by atoms with Crippen molar-refractivity contribution in [3.63, 3.8) is 0 Å². The van der Waals surface area contributed by atoms with Gasteiger partial charge in [0.1, 0.15) is 5.60 Å². The quantitative estimate of drug-likeness (QED) is 0.867. The van der Waals surface area contributed by atoms with Crippen LogP contribution in [0.5, 0.6) is 5.75 Å². The van der Waals surface area contributed by atoms with E-state index in [-0.39, 0.29) is 11.3 Å². The number of benzene rings is 1. The van der Waals surface area contributed by atoms with Gasteiger partial charge in [-0.05, 0) is 26.0 Å². The normalized spacial score (nSPS) is 17.9. The van der Waals surface area contributed by atoms with E-state index in [0.29, 0.717) is 16.7 Å². The third kappa shape index (κ3) is 2.66. The molecule has 8 heteroatoms. The Hall–Kier alpha value is -2.09. The molecule has 0 spiro atoms. The molecule has 0 radical (unpaired) electrons. The SMILES string of the molecule is C=C1OB(c2cc3cccc(OC(F)(F)F)c3[nH]2)OC1(C)C. The lowest BCUT2D eigenvalue weighted by Gasteiger charge is -2.15.